The minimum absolute atomic E-state index is 0.812. The largest absolute Gasteiger partial charge is 0.380 e. The Morgan fingerprint density at radius 3 is 2.40 bits per heavy atom. The van der Waals surface area contributed by atoms with E-state index in [2.05, 4.69) is 50.2 Å². The number of rotatable bonds is 1. The highest BCUT2D eigenvalue weighted by Crippen LogP contribution is 2.39. The molecule has 0 bridgehead atoms. The zero-order valence-electron chi connectivity index (χ0n) is 12.3. The van der Waals surface area contributed by atoms with Crippen molar-refractivity contribution in [3.8, 4) is 0 Å². The topological polar surface area (TPSA) is 20.2 Å². The minimum Gasteiger partial charge on any atom is -0.380 e. The summed E-state index contributed by atoms with van der Waals surface area (Å²) < 4.78 is 0. The summed E-state index contributed by atoms with van der Waals surface area (Å²) in [6.45, 7) is 4.20. The maximum absolute atomic E-state index is 11.4. The van der Waals surface area contributed by atoms with Crippen molar-refractivity contribution in [1.82, 2.24) is 0 Å². The molecule has 1 heteroatoms. The fourth-order valence-electron chi connectivity index (χ4n) is 3.49. The SMILES string of the molecule is Cc1cc(C)cc(C2(O)CCCCc3ccccc32)c1. The van der Waals surface area contributed by atoms with Crippen LogP contribution < -0.4 is 0 Å². The molecule has 1 aliphatic carbocycles. The van der Waals surface area contributed by atoms with Crippen molar-refractivity contribution in [2.24, 2.45) is 0 Å². The molecule has 0 heterocycles. The van der Waals surface area contributed by atoms with E-state index in [0.717, 1.165) is 36.8 Å². The van der Waals surface area contributed by atoms with E-state index in [4.69, 9.17) is 0 Å². The molecule has 2 aromatic rings. The predicted octanol–water partition coefficient (Wildman–Crippen LogP) is 4.27. The van der Waals surface area contributed by atoms with Crippen LogP contribution in [0.5, 0.6) is 0 Å². The maximum Gasteiger partial charge on any atom is 0.115 e. The van der Waals surface area contributed by atoms with E-state index in [1.165, 1.54) is 16.7 Å². The smallest absolute Gasteiger partial charge is 0.115 e. The third kappa shape index (κ3) is 2.27. The monoisotopic (exact) mass is 266 g/mol. The van der Waals surface area contributed by atoms with Crippen LogP contribution in [0.15, 0.2) is 42.5 Å². The van der Waals surface area contributed by atoms with E-state index in [1.54, 1.807) is 0 Å². The van der Waals surface area contributed by atoms with Gasteiger partial charge in [0.15, 0.2) is 0 Å². The summed E-state index contributed by atoms with van der Waals surface area (Å²) in [6, 6.07) is 14.8. The molecule has 0 aromatic heterocycles. The van der Waals surface area contributed by atoms with Gasteiger partial charge in [0, 0.05) is 0 Å². The van der Waals surface area contributed by atoms with Crippen LogP contribution in [0.1, 0.15) is 47.1 Å². The molecule has 1 aliphatic rings. The van der Waals surface area contributed by atoms with E-state index in [1.807, 2.05) is 6.07 Å². The van der Waals surface area contributed by atoms with Gasteiger partial charge < -0.3 is 5.11 Å². The second kappa shape index (κ2) is 5.06. The van der Waals surface area contributed by atoms with Gasteiger partial charge in [-0.25, -0.2) is 0 Å². The molecule has 0 radical (unpaired) electrons. The summed E-state index contributed by atoms with van der Waals surface area (Å²) in [6.07, 6.45) is 4.11. The lowest BCUT2D eigenvalue weighted by Crippen LogP contribution is -2.27. The molecule has 104 valence electrons. The molecule has 20 heavy (non-hydrogen) atoms. The fraction of sp³-hybridized carbons (Fsp3) is 0.368. The van der Waals surface area contributed by atoms with Crippen LogP contribution in [0.4, 0.5) is 0 Å². The van der Waals surface area contributed by atoms with Gasteiger partial charge in [-0.2, -0.15) is 0 Å². The summed E-state index contributed by atoms with van der Waals surface area (Å²) in [5, 5.41) is 11.4. The first-order valence-corrected chi connectivity index (χ1v) is 7.49. The lowest BCUT2D eigenvalue weighted by molar-refractivity contribution is 0.0703. The van der Waals surface area contributed by atoms with E-state index in [-0.39, 0.29) is 0 Å². The normalized spacial score (nSPS) is 22.1. The second-order valence-corrected chi connectivity index (χ2v) is 6.10. The Bertz CT molecular complexity index is 609. The predicted molar refractivity (Wildman–Crippen MR) is 82.9 cm³/mol. The number of aliphatic hydroxyl groups is 1. The van der Waals surface area contributed by atoms with Gasteiger partial charge in [-0.15, -0.1) is 0 Å². The average Bonchev–Trinajstić information content (AvgIpc) is 2.59. The Hall–Kier alpha value is -1.60. The Kier molecular flexibility index (Phi) is 3.39. The van der Waals surface area contributed by atoms with Crippen molar-refractivity contribution < 1.29 is 5.11 Å². The van der Waals surface area contributed by atoms with Gasteiger partial charge >= 0.3 is 0 Å². The van der Waals surface area contributed by atoms with Crippen LogP contribution >= 0.6 is 0 Å². The van der Waals surface area contributed by atoms with E-state index in [9.17, 15) is 5.11 Å². The highest BCUT2D eigenvalue weighted by molar-refractivity contribution is 5.44. The summed E-state index contributed by atoms with van der Waals surface area (Å²) >= 11 is 0. The van der Waals surface area contributed by atoms with Crippen LogP contribution in [0.3, 0.4) is 0 Å². The molecule has 0 saturated carbocycles. The lowest BCUT2D eigenvalue weighted by Gasteiger charge is -2.30. The van der Waals surface area contributed by atoms with Gasteiger partial charge in [0.05, 0.1) is 0 Å². The first-order chi connectivity index (χ1) is 9.59. The zero-order valence-corrected chi connectivity index (χ0v) is 12.3. The molecule has 0 amide bonds. The highest BCUT2D eigenvalue weighted by atomic mass is 16.3. The summed E-state index contributed by atoms with van der Waals surface area (Å²) in [4.78, 5) is 0. The van der Waals surface area contributed by atoms with E-state index < -0.39 is 5.60 Å². The zero-order chi connectivity index (χ0) is 14.2. The van der Waals surface area contributed by atoms with Crippen LogP contribution in [-0.2, 0) is 12.0 Å². The number of hydrogen-bond acceptors (Lipinski definition) is 1. The summed E-state index contributed by atoms with van der Waals surface area (Å²) in [5.74, 6) is 0. The van der Waals surface area contributed by atoms with Crippen molar-refractivity contribution in [2.45, 2.75) is 45.1 Å². The number of benzene rings is 2. The van der Waals surface area contributed by atoms with Crippen LogP contribution in [-0.4, -0.2) is 5.11 Å². The summed E-state index contributed by atoms with van der Waals surface area (Å²) in [5.41, 5.74) is 5.05. The molecule has 1 atom stereocenters. The van der Waals surface area contributed by atoms with Gasteiger partial charge in [-0.3, -0.25) is 0 Å². The van der Waals surface area contributed by atoms with Gasteiger partial charge in [0.25, 0.3) is 0 Å². The Morgan fingerprint density at radius 2 is 1.65 bits per heavy atom. The number of hydrogen-bond donors (Lipinski definition) is 1. The van der Waals surface area contributed by atoms with Crippen molar-refractivity contribution >= 4 is 0 Å². The molecular formula is C19H22O. The summed E-state index contributed by atoms with van der Waals surface area (Å²) in [7, 11) is 0. The van der Waals surface area contributed by atoms with E-state index >= 15 is 0 Å². The molecule has 2 aromatic carbocycles. The van der Waals surface area contributed by atoms with Crippen molar-refractivity contribution in [3.05, 3.63) is 70.3 Å². The Morgan fingerprint density at radius 1 is 0.950 bits per heavy atom. The molecule has 1 unspecified atom stereocenters. The van der Waals surface area contributed by atoms with Crippen LogP contribution in [0, 0.1) is 13.8 Å². The Labute approximate surface area is 121 Å². The molecular weight excluding hydrogens is 244 g/mol. The van der Waals surface area contributed by atoms with Gasteiger partial charge in [-0.05, 0) is 56.2 Å². The molecule has 0 spiro atoms. The second-order valence-electron chi connectivity index (χ2n) is 6.10. The first kappa shape index (κ1) is 13.4. The average molecular weight is 266 g/mol. The van der Waals surface area contributed by atoms with Crippen LogP contribution in [0.2, 0.25) is 0 Å². The van der Waals surface area contributed by atoms with Gasteiger partial charge in [0.1, 0.15) is 5.60 Å². The standard InChI is InChI=1S/C19H22O/c1-14-11-15(2)13-17(12-14)19(20)10-6-5-8-16-7-3-4-9-18(16)19/h3-4,7,9,11-13,20H,5-6,8,10H2,1-2H3. The van der Waals surface area contributed by atoms with Crippen molar-refractivity contribution in [2.75, 3.05) is 0 Å². The quantitative estimate of drug-likeness (QED) is 0.764. The highest BCUT2D eigenvalue weighted by Gasteiger charge is 2.34. The lowest BCUT2D eigenvalue weighted by atomic mass is 9.81. The van der Waals surface area contributed by atoms with Gasteiger partial charge in [0.2, 0.25) is 0 Å². The number of fused-ring (bicyclic) bond motifs is 1. The van der Waals surface area contributed by atoms with Crippen molar-refractivity contribution in [1.29, 1.82) is 0 Å². The molecule has 0 saturated heterocycles. The number of aryl methyl sites for hydroxylation is 3. The van der Waals surface area contributed by atoms with E-state index in [0.29, 0.717) is 0 Å². The van der Waals surface area contributed by atoms with Gasteiger partial charge in [-0.1, -0.05) is 53.6 Å². The molecule has 0 fully saturated rings. The third-order valence-corrected chi connectivity index (χ3v) is 4.40. The van der Waals surface area contributed by atoms with Crippen molar-refractivity contribution in [3.63, 3.8) is 0 Å². The minimum atomic E-state index is -0.829. The first-order valence-electron chi connectivity index (χ1n) is 7.49. The maximum atomic E-state index is 11.4. The molecule has 0 aliphatic heterocycles. The fourth-order valence-corrected chi connectivity index (χ4v) is 3.49. The molecule has 1 nitrogen and oxygen atoms in total. The third-order valence-electron chi connectivity index (χ3n) is 4.40. The molecule has 3 rings (SSSR count). The van der Waals surface area contributed by atoms with Crippen LogP contribution in [0.25, 0.3) is 0 Å². The Balaban J connectivity index is 2.19. The molecule has 1 N–H and O–H groups in total.